The average Bonchev–Trinajstić information content (AvgIpc) is 2.82. The van der Waals surface area contributed by atoms with Crippen LogP contribution in [0.25, 0.3) is 11.3 Å². The van der Waals surface area contributed by atoms with Crippen molar-refractivity contribution in [2.75, 3.05) is 0 Å². The predicted octanol–water partition coefficient (Wildman–Crippen LogP) is 2.69. The third-order valence-electron chi connectivity index (χ3n) is 2.86. The molecule has 0 spiro atoms. The van der Waals surface area contributed by atoms with Crippen molar-refractivity contribution in [3.8, 4) is 11.3 Å². The van der Waals surface area contributed by atoms with E-state index in [9.17, 15) is 9.90 Å². The summed E-state index contributed by atoms with van der Waals surface area (Å²) in [6.07, 6.45) is 5.83. The van der Waals surface area contributed by atoms with E-state index in [1.165, 1.54) is 0 Å². The van der Waals surface area contributed by atoms with Gasteiger partial charge in [-0.1, -0.05) is 13.8 Å². The fourth-order valence-electron chi connectivity index (χ4n) is 1.80. The summed E-state index contributed by atoms with van der Waals surface area (Å²) in [5.41, 5.74) is 1.42. The fourth-order valence-corrected chi connectivity index (χ4v) is 1.80. The van der Waals surface area contributed by atoms with Crippen LogP contribution in [0.15, 0.2) is 30.7 Å². The maximum absolute atomic E-state index is 11.3. The average molecular weight is 259 g/mol. The third-order valence-corrected chi connectivity index (χ3v) is 2.86. The Balaban J connectivity index is 2.34. The van der Waals surface area contributed by atoms with Gasteiger partial charge in [-0.3, -0.25) is 9.67 Å². The van der Waals surface area contributed by atoms with Crippen LogP contribution in [0, 0.1) is 5.92 Å². The lowest BCUT2D eigenvalue weighted by atomic mass is 10.1. The number of aryl methyl sites for hydroxylation is 1. The van der Waals surface area contributed by atoms with Crippen molar-refractivity contribution in [2.24, 2.45) is 5.92 Å². The zero-order chi connectivity index (χ0) is 13.8. The Hall–Kier alpha value is -2.17. The van der Waals surface area contributed by atoms with Crippen LogP contribution >= 0.6 is 0 Å². The maximum atomic E-state index is 11.3. The monoisotopic (exact) mass is 259 g/mol. The van der Waals surface area contributed by atoms with E-state index in [1.807, 2.05) is 6.07 Å². The highest BCUT2D eigenvalue weighted by Crippen LogP contribution is 2.21. The van der Waals surface area contributed by atoms with Gasteiger partial charge in [0.15, 0.2) is 0 Å². The number of nitrogens with zero attached hydrogens (tertiary/aromatic N) is 3. The first-order chi connectivity index (χ1) is 9.08. The molecule has 0 atom stereocenters. The van der Waals surface area contributed by atoms with Gasteiger partial charge in [-0.2, -0.15) is 5.10 Å². The molecule has 5 heteroatoms. The molecule has 0 aliphatic heterocycles. The Morgan fingerprint density at radius 2 is 2.26 bits per heavy atom. The Bertz CT molecular complexity index is 561. The standard InChI is InChI=1S/C14H17N3O2/c1-10(2)5-7-17-9-12(14(18)19)13(16-17)11-4-3-6-15-8-11/h3-4,6,8-10H,5,7H2,1-2H3,(H,18,19). The van der Waals surface area contributed by atoms with E-state index in [-0.39, 0.29) is 5.56 Å². The normalized spacial score (nSPS) is 10.9. The molecule has 2 aromatic rings. The van der Waals surface area contributed by atoms with Gasteiger partial charge in [0.25, 0.3) is 0 Å². The molecule has 1 N–H and O–H groups in total. The highest BCUT2D eigenvalue weighted by atomic mass is 16.4. The summed E-state index contributed by atoms with van der Waals surface area (Å²) in [7, 11) is 0. The van der Waals surface area contributed by atoms with Crippen molar-refractivity contribution in [2.45, 2.75) is 26.8 Å². The largest absolute Gasteiger partial charge is 0.478 e. The molecule has 0 aliphatic carbocycles. The Labute approximate surface area is 111 Å². The Kier molecular flexibility index (Phi) is 3.94. The molecule has 0 amide bonds. The summed E-state index contributed by atoms with van der Waals surface area (Å²) >= 11 is 0. The third kappa shape index (κ3) is 3.19. The summed E-state index contributed by atoms with van der Waals surface area (Å²) in [5, 5.41) is 13.6. The van der Waals surface area contributed by atoms with Crippen molar-refractivity contribution in [1.82, 2.24) is 14.8 Å². The Morgan fingerprint density at radius 3 is 2.84 bits per heavy atom. The van der Waals surface area contributed by atoms with Crippen molar-refractivity contribution < 1.29 is 9.90 Å². The van der Waals surface area contributed by atoms with Crippen molar-refractivity contribution in [3.05, 3.63) is 36.3 Å². The van der Waals surface area contributed by atoms with Gasteiger partial charge in [-0.25, -0.2) is 4.79 Å². The summed E-state index contributed by atoms with van der Waals surface area (Å²) in [6, 6.07) is 3.59. The lowest BCUT2D eigenvalue weighted by Gasteiger charge is -2.03. The smallest absolute Gasteiger partial charge is 0.339 e. The molecular weight excluding hydrogens is 242 g/mol. The second-order valence-corrected chi connectivity index (χ2v) is 4.88. The minimum Gasteiger partial charge on any atom is -0.478 e. The number of aromatic carboxylic acids is 1. The molecule has 0 aromatic carbocycles. The van der Waals surface area contributed by atoms with Gasteiger partial charge < -0.3 is 5.11 Å². The van der Waals surface area contributed by atoms with Crippen molar-refractivity contribution in [1.29, 1.82) is 0 Å². The van der Waals surface area contributed by atoms with E-state index in [4.69, 9.17) is 0 Å². The molecule has 2 aromatic heterocycles. The van der Waals surface area contributed by atoms with Gasteiger partial charge in [-0.15, -0.1) is 0 Å². The zero-order valence-corrected chi connectivity index (χ0v) is 11.1. The lowest BCUT2D eigenvalue weighted by molar-refractivity contribution is 0.0697. The number of rotatable bonds is 5. The van der Waals surface area contributed by atoms with E-state index < -0.39 is 5.97 Å². The molecule has 2 rings (SSSR count). The molecule has 0 aliphatic rings. The quantitative estimate of drug-likeness (QED) is 0.896. The first kappa shape index (κ1) is 13.3. The predicted molar refractivity (Wildman–Crippen MR) is 71.9 cm³/mol. The van der Waals surface area contributed by atoms with Crippen LogP contribution < -0.4 is 0 Å². The molecular formula is C14H17N3O2. The summed E-state index contributed by atoms with van der Waals surface area (Å²) < 4.78 is 1.70. The van der Waals surface area contributed by atoms with E-state index >= 15 is 0 Å². The molecule has 0 fully saturated rings. The molecule has 100 valence electrons. The van der Waals surface area contributed by atoms with Crippen LogP contribution in [0.1, 0.15) is 30.6 Å². The van der Waals surface area contributed by atoms with Gasteiger partial charge in [0.05, 0.1) is 0 Å². The van der Waals surface area contributed by atoms with E-state index in [0.29, 0.717) is 11.6 Å². The minimum atomic E-state index is -0.963. The van der Waals surface area contributed by atoms with Gasteiger partial charge in [-0.05, 0) is 24.5 Å². The second-order valence-electron chi connectivity index (χ2n) is 4.88. The van der Waals surface area contributed by atoms with Gasteiger partial charge in [0.2, 0.25) is 0 Å². The maximum Gasteiger partial charge on any atom is 0.339 e. The van der Waals surface area contributed by atoms with Gasteiger partial charge in [0, 0.05) is 30.7 Å². The SMILES string of the molecule is CC(C)CCn1cc(C(=O)O)c(-c2cccnc2)n1. The molecule has 2 heterocycles. The Morgan fingerprint density at radius 1 is 1.47 bits per heavy atom. The van der Waals surface area contributed by atoms with Gasteiger partial charge >= 0.3 is 5.97 Å². The first-order valence-electron chi connectivity index (χ1n) is 6.29. The number of hydrogen-bond acceptors (Lipinski definition) is 3. The summed E-state index contributed by atoms with van der Waals surface area (Å²) in [6.45, 7) is 4.98. The van der Waals surface area contributed by atoms with E-state index in [0.717, 1.165) is 18.5 Å². The molecule has 0 bridgehead atoms. The number of carboxylic acids is 1. The fraction of sp³-hybridized carbons (Fsp3) is 0.357. The molecule has 0 saturated carbocycles. The molecule has 0 radical (unpaired) electrons. The van der Waals surface area contributed by atoms with Crippen LogP contribution in [0.4, 0.5) is 0 Å². The van der Waals surface area contributed by atoms with Crippen LogP contribution in [0.3, 0.4) is 0 Å². The number of carbonyl (C=O) groups is 1. The molecule has 19 heavy (non-hydrogen) atoms. The second kappa shape index (κ2) is 5.65. The molecule has 0 saturated heterocycles. The zero-order valence-electron chi connectivity index (χ0n) is 11.1. The van der Waals surface area contributed by atoms with Crippen LogP contribution in [0.2, 0.25) is 0 Å². The lowest BCUT2D eigenvalue weighted by Crippen LogP contribution is -2.02. The topological polar surface area (TPSA) is 68.0 Å². The summed E-state index contributed by atoms with van der Waals surface area (Å²) in [4.78, 5) is 15.3. The minimum absolute atomic E-state index is 0.219. The number of carboxylic acid groups (broad SMARTS) is 1. The van der Waals surface area contributed by atoms with E-state index in [1.54, 1.807) is 29.3 Å². The van der Waals surface area contributed by atoms with Crippen LogP contribution in [-0.4, -0.2) is 25.8 Å². The van der Waals surface area contributed by atoms with Crippen LogP contribution in [-0.2, 0) is 6.54 Å². The first-order valence-corrected chi connectivity index (χ1v) is 6.29. The van der Waals surface area contributed by atoms with Crippen molar-refractivity contribution in [3.63, 3.8) is 0 Å². The highest BCUT2D eigenvalue weighted by Gasteiger charge is 2.17. The van der Waals surface area contributed by atoms with Gasteiger partial charge in [0.1, 0.15) is 11.3 Å². The van der Waals surface area contributed by atoms with Crippen molar-refractivity contribution >= 4 is 5.97 Å². The number of hydrogen-bond donors (Lipinski definition) is 1. The highest BCUT2D eigenvalue weighted by molar-refractivity contribution is 5.94. The van der Waals surface area contributed by atoms with Crippen LogP contribution in [0.5, 0.6) is 0 Å². The van der Waals surface area contributed by atoms with E-state index in [2.05, 4.69) is 23.9 Å². The number of pyridine rings is 1. The molecule has 0 unspecified atom stereocenters. The molecule has 5 nitrogen and oxygen atoms in total. The number of aromatic nitrogens is 3. The summed E-state index contributed by atoms with van der Waals surface area (Å²) in [5.74, 6) is -0.408.